The van der Waals surface area contributed by atoms with Crippen molar-refractivity contribution in [3.05, 3.63) is 29.3 Å². The molecule has 0 saturated heterocycles. The molecule has 0 amide bonds. The first-order valence-corrected chi connectivity index (χ1v) is 7.14. The van der Waals surface area contributed by atoms with Gasteiger partial charge in [-0.1, -0.05) is 32.8 Å². The standard InChI is InChI=1S/C16H22F3N/c1-11-7-8-12(10-13(11)16(17,18)19)20-14-6-4-5-9-15(14,2)3/h7-8,10,14,20H,4-6,9H2,1-3H3. The van der Waals surface area contributed by atoms with Gasteiger partial charge in [0.1, 0.15) is 0 Å². The molecule has 1 nitrogen and oxygen atoms in total. The van der Waals surface area contributed by atoms with E-state index in [0.29, 0.717) is 5.69 Å². The minimum atomic E-state index is -4.29. The number of hydrogen-bond donors (Lipinski definition) is 1. The van der Waals surface area contributed by atoms with Crippen molar-refractivity contribution in [1.82, 2.24) is 0 Å². The van der Waals surface area contributed by atoms with E-state index in [1.54, 1.807) is 12.1 Å². The van der Waals surface area contributed by atoms with Crippen molar-refractivity contribution in [2.24, 2.45) is 5.41 Å². The second-order valence-electron chi connectivity index (χ2n) is 6.46. The van der Waals surface area contributed by atoms with E-state index < -0.39 is 11.7 Å². The molecular weight excluding hydrogens is 263 g/mol. The largest absolute Gasteiger partial charge is 0.416 e. The molecule has 1 aliphatic carbocycles. The first-order chi connectivity index (χ1) is 9.20. The lowest BCUT2D eigenvalue weighted by molar-refractivity contribution is -0.138. The van der Waals surface area contributed by atoms with Gasteiger partial charge in [0.15, 0.2) is 0 Å². The number of alkyl halides is 3. The number of aryl methyl sites for hydroxylation is 1. The summed E-state index contributed by atoms with van der Waals surface area (Å²) in [7, 11) is 0. The first-order valence-electron chi connectivity index (χ1n) is 7.14. The molecule has 0 bridgehead atoms. The highest BCUT2D eigenvalue weighted by Gasteiger charge is 2.34. The average molecular weight is 285 g/mol. The van der Waals surface area contributed by atoms with Gasteiger partial charge in [0.2, 0.25) is 0 Å². The van der Waals surface area contributed by atoms with Crippen molar-refractivity contribution in [3.8, 4) is 0 Å². The third kappa shape index (κ3) is 3.28. The van der Waals surface area contributed by atoms with Gasteiger partial charge < -0.3 is 5.32 Å². The zero-order chi connectivity index (χ0) is 15.0. The molecule has 1 N–H and O–H groups in total. The van der Waals surface area contributed by atoms with Crippen molar-refractivity contribution in [2.45, 2.75) is 58.7 Å². The quantitative estimate of drug-likeness (QED) is 0.767. The predicted octanol–water partition coefficient (Wildman–Crippen LogP) is 5.39. The summed E-state index contributed by atoms with van der Waals surface area (Å²) in [5.41, 5.74) is 0.423. The average Bonchev–Trinajstić information content (AvgIpc) is 2.32. The summed E-state index contributed by atoms with van der Waals surface area (Å²) in [5, 5.41) is 3.31. The number of hydrogen-bond acceptors (Lipinski definition) is 1. The molecule has 2 rings (SSSR count). The van der Waals surface area contributed by atoms with Gasteiger partial charge in [0.05, 0.1) is 5.56 Å². The number of rotatable bonds is 2. The third-order valence-electron chi connectivity index (χ3n) is 4.39. The predicted molar refractivity (Wildman–Crippen MR) is 75.8 cm³/mol. The van der Waals surface area contributed by atoms with Gasteiger partial charge in [-0.05, 0) is 42.9 Å². The van der Waals surface area contributed by atoms with E-state index >= 15 is 0 Å². The second kappa shape index (κ2) is 5.30. The zero-order valence-corrected chi connectivity index (χ0v) is 12.3. The molecule has 0 aromatic heterocycles. The van der Waals surface area contributed by atoms with Gasteiger partial charge in [0.25, 0.3) is 0 Å². The van der Waals surface area contributed by atoms with Crippen LogP contribution in [0.25, 0.3) is 0 Å². The Balaban J connectivity index is 2.22. The van der Waals surface area contributed by atoms with E-state index in [1.165, 1.54) is 19.4 Å². The van der Waals surface area contributed by atoms with Crippen LogP contribution < -0.4 is 5.32 Å². The van der Waals surface area contributed by atoms with Crippen LogP contribution in [-0.2, 0) is 6.18 Å². The number of anilines is 1. The van der Waals surface area contributed by atoms with Gasteiger partial charge in [-0.2, -0.15) is 13.2 Å². The molecule has 0 spiro atoms. The van der Waals surface area contributed by atoms with E-state index in [4.69, 9.17) is 0 Å². The second-order valence-corrected chi connectivity index (χ2v) is 6.46. The Hall–Kier alpha value is -1.19. The fraction of sp³-hybridized carbons (Fsp3) is 0.625. The molecule has 1 aromatic rings. The molecule has 1 atom stereocenters. The van der Waals surface area contributed by atoms with Crippen molar-refractivity contribution < 1.29 is 13.2 Å². The highest BCUT2D eigenvalue weighted by Crippen LogP contribution is 2.38. The molecule has 1 saturated carbocycles. The van der Waals surface area contributed by atoms with Gasteiger partial charge in [-0.15, -0.1) is 0 Å². The molecule has 0 radical (unpaired) electrons. The van der Waals surface area contributed by atoms with Crippen molar-refractivity contribution in [3.63, 3.8) is 0 Å². The molecule has 20 heavy (non-hydrogen) atoms. The van der Waals surface area contributed by atoms with E-state index in [2.05, 4.69) is 19.2 Å². The van der Waals surface area contributed by atoms with Crippen LogP contribution in [0.1, 0.15) is 50.7 Å². The van der Waals surface area contributed by atoms with Crippen molar-refractivity contribution in [1.29, 1.82) is 0 Å². The van der Waals surface area contributed by atoms with Crippen molar-refractivity contribution >= 4 is 5.69 Å². The van der Waals surface area contributed by atoms with Gasteiger partial charge in [-0.25, -0.2) is 0 Å². The maximum Gasteiger partial charge on any atom is 0.416 e. The molecule has 0 aliphatic heterocycles. The van der Waals surface area contributed by atoms with E-state index in [1.807, 2.05) is 0 Å². The Bertz CT molecular complexity index is 477. The first kappa shape index (κ1) is 15.2. The zero-order valence-electron chi connectivity index (χ0n) is 12.3. The van der Waals surface area contributed by atoms with Gasteiger partial charge >= 0.3 is 6.18 Å². The monoisotopic (exact) mass is 285 g/mol. The lowest BCUT2D eigenvalue weighted by atomic mass is 9.73. The minimum absolute atomic E-state index is 0.127. The maximum absolute atomic E-state index is 12.9. The Morgan fingerprint density at radius 1 is 1.20 bits per heavy atom. The minimum Gasteiger partial charge on any atom is -0.382 e. The summed E-state index contributed by atoms with van der Waals surface area (Å²) in [6.07, 6.45) is 0.181. The summed E-state index contributed by atoms with van der Waals surface area (Å²) in [6.45, 7) is 5.86. The molecular formula is C16H22F3N. The molecule has 1 unspecified atom stereocenters. The summed E-state index contributed by atoms with van der Waals surface area (Å²) in [6, 6.07) is 4.76. The third-order valence-corrected chi connectivity index (χ3v) is 4.39. The Morgan fingerprint density at radius 2 is 1.90 bits per heavy atom. The highest BCUT2D eigenvalue weighted by molar-refractivity contribution is 5.50. The number of nitrogens with one attached hydrogen (secondary N) is 1. The van der Waals surface area contributed by atoms with Crippen LogP contribution in [0.15, 0.2) is 18.2 Å². The SMILES string of the molecule is Cc1ccc(NC2CCCCC2(C)C)cc1C(F)(F)F. The smallest absolute Gasteiger partial charge is 0.382 e. The molecule has 1 fully saturated rings. The van der Waals surface area contributed by atoms with Gasteiger partial charge in [0, 0.05) is 11.7 Å². The van der Waals surface area contributed by atoms with Crippen molar-refractivity contribution in [2.75, 3.05) is 5.32 Å². The van der Waals surface area contributed by atoms with Crippen LogP contribution >= 0.6 is 0 Å². The van der Waals surface area contributed by atoms with E-state index in [0.717, 1.165) is 19.3 Å². The molecule has 4 heteroatoms. The number of benzene rings is 1. The summed E-state index contributed by atoms with van der Waals surface area (Å²) >= 11 is 0. The van der Waals surface area contributed by atoms with Gasteiger partial charge in [-0.3, -0.25) is 0 Å². The molecule has 0 heterocycles. The summed E-state index contributed by atoms with van der Waals surface area (Å²) < 4.78 is 38.8. The van der Waals surface area contributed by atoms with Crippen LogP contribution in [0.3, 0.4) is 0 Å². The van der Waals surface area contributed by atoms with E-state index in [9.17, 15) is 13.2 Å². The van der Waals surface area contributed by atoms with Crippen LogP contribution in [0.4, 0.5) is 18.9 Å². The van der Waals surface area contributed by atoms with Crippen LogP contribution in [0, 0.1) is 12.3 Å². The van der Waals surface area contributed by atoms with Crippen LogP contribution in [0.2, 0.25) is 0 Å². The number of halogens is 3. The summed E-state index contributed by atoms with van der Waals surface area (Å²) in [4.78, 5) is 0. The topological polar surface area (TPSA) is 12.0 Å². The maximum atomic E-state index is 12.9. The Morgan fingerprint density at radius 3 is 2.50 bits per heavy atom. The lowest BCUT2D eigenvalue weighted by Gasteiger charge is -2.39. The molecule has 1 aromatic carbocycles. The van der Waals surface area contributed by atoms with E-state index in [-0.39, 0.29) is 17.0 Å². The van der Waals surface area contributed by atoms with Crippen LogP contribution in [-0.4, -0.2) is 6.04 Å². The normalized spacial score (nSPS) is 22.6. The highest BCUT2D eigenvalue weighted by atomic mass is 19.4. The molecule has 112 valence electrons. The molecule has 1 aliphatic rings. The lowest BCUT2D eigenvalue weighted by Crippen LogP contribution is -2.38. The van der Waals surface area contributed by atoms with Crippen LogP contribution in [0.5, 0.6) is 0 Å². The Labute approximate surface area is 118 Å². The fourth-order valence-corrected chi connectivity index (χ4v) is 2.98. The fourth-order valence-electron chi connectivity index (χ4n) is 2.98. The summed E-state index contributed by atoms with van der Waals surface area (Å²) in [5.74, 6) is 0. The Kier molecular flexibility index (Phi) is 4.03.